The van der Waals surface area contributed by atoms with Crippen molar-refractivity contribution in [2.24, 2.45) is 0 Å². The molecule has 0 bridgehead atoms. The SMILES string of the molecule is CC(C)NCCc1nc(-c2ccc(F)cc2Br)no1. The first-order chi connectivity index (χ1) is 9.06. The van der Waals surface area contributed by atoms with Crippen LogP contribution >= 0.6 is 15.9 Å². The number of aromatic nitrogens is 2. The Kier molecular flexibility index (Phi) is 4.66. The number of hydrogen-bond donors (Lipinski definition) is 1. The molecular weight excluding hydrogens is 313 g/mol. The van der Waals surface area contributed by atoms with E-state index in [1.54, 1.807) is 6.07 Å². The van der Waals surface area contributed by atoms with Gasteiger partial charge in [0, 0.05) is 29.0 Å². The van der Waals surface area contributed by atoms with Gasteiger partial charge in [0.1, 0.15) is 5.82 Å². The molecule has 0 aliphatic heterocycles. The Hall–Kier alpha value is -1.27. The Bertz CT molecular complexity index is 557. The van der Waals surface area contributed by atoms with E-state index in [1.807, 2.05) is 0 Å². The summed E-state index contributed by atoms with van der Waals surface area (Å²) in [6, 6.07) is 4.80. The maximum Gasteiger partial charge on any atom is 0.228 e. The van der Waals surface area contributed by atoms with Crippen molar-refractivity contribution in [3.63, 3.8) is 0 Å². The van der Waals surface area contributed by atoms with E-state index in [0.717, 1.165) is 6.54 Å². The van der Waals surface area contributed by atoms with Gasteiger partial charge in [-0.15, -0.1) is 0 Å². The maximum absolute atomic E-state index is 13.0. The Morgan fingerprint density at radius 1 is 1.42 bits per heavy atom. The van der Waals surface area contributed by atoms with Crippen LogP contribution in [0, 0.1) is 5.82 Å². The lowest BCUT2D eigenvalue weighted by Crippen LogP contribution is -2.25. The van der Waals surface area contributed by atoms with Gasteiger partial charge in [0.05, 0.1) is 0 Å². The van der Waals surface area contributed by atoms with Gasteiger partial charge in [-0.2, -0.15) is 4.98 Å². The summed E-state index contributed by atoms with van der Waals surface area (Å²) >= 11 is 3.29. The number of nitrogens with zero attached hydrogens (tertiary/aromatic N) is 2. The maximum atomic E-state index is 13.0. The van der Waals surface area contributed by atoms with Gasteiger partial charge in [-0.3, -0.25) is 0 Å². The summed E-state index contributed by atoms with van der Waals surface area (Å²) in [5.74, 6) is 0.728. The molecule has 0 aliphatic rings. The average Bonchev–Trinajstić information content (AvgIpc) is 2.77. The second kappa shape index (κ2) is 6.25. The average molecular weight is 328 g/mol. The lowest BCUT2D eigenvalue weighted by Gasteiger charge is -2.04. The molecule has 0 amide bonds. The number of halogens is 2. The van der Waals surface area contributed by atoms with E-state index in [1.165, 1.54) is 12.1 Å². The van der Waals surface area contributed by atoms with Gasteiger partial charge in [0.2, 0.25) is 11.7 Å². The molecule has 0 atom stereocenters. The molecule has 102 valence electrons. The molecule has 0 saturated carbocycles. The fourth-order valence-electron chi connectivity index (χ4n) is 1.60. The second-order valence-corrected chi connectivity index (χ2v) is 5.35. The minimum Gasteiger partial charge on any atom is -0.339 e. The zero-order valence-corrected chi connectivity index (χ0v) is 12.4. The summed E-state index contributed by atoms with van der Waals surface area (Å²) in [5, 5.41) is 7.18. The first-order valence-corrected chi connectivity index (χ1v) is 6.87. The molecule has 2 aromatic rings. The van der Waals surface area contributed by atoms with Crippen molar-refractivity contribution in [3.05, 3.63) is 34.4 Å². The van der Waals surface area contributed by atoms with Crippen molar-refractivity contribution in [1.82, 2.24) is 15.5 Å². The number of hydrogen-bond acceptors (Lipinski definition) is 4. The van der Waals surface area contributed by atoms with E-state index < -0.39 is 0 Å². The topological polar surface area (TPSA) is 51.0 Å². The van der Waals surface area contributed by atoms with Crippen molar-refractivity contribution in [1.29, 1.82) is 0 Å². The van der Waals surface area contributed by atoms with Crippen LogP contribution in [0.5, 0.6) is 0 Å². The van der Waals surface area contributed by atoms with E-state index >= 15 is 0 Å². The quantitative estimate of drug-likeness (QED) is 0.916. The van der Waals surface area contributed by atoms with Gasteiger partial charge in [-0.05, 0) is 34.1 Å². The van der Waals surface area contributed by atoms with Crippen molar-refractivity contribution in [2.75, 3.05) is 6.54 Å². The molecular formula is C13H15BrFN3O. The van der Waals surface area contributed by atoms with Crippen LogP contribution in [-0.4, -0.2) is 22.7 Å². The smallest absolute Gasteiger partial charge is 0.228 e. The van der Waals surface area contributed by atoms with Gasteiger partial charge in [-0.25, -0.2) is 4.39 Å². The van der Waals surface area contributed by atoms with Crippen LogP contribution in [0.2, 0.25) is 0 Å². The number of nitrogens with one attached hydrogen (secondary N) is 1. The molecule has 0 aliphatic carbocycles. The van der Waals surface area contributed by atoms with Crippen molar-refractivity contribution >= 4 is 15.9 Å². The molecule has 6 heteroatoms. The van der Waals surface area contributed by atoms with Crippen LogP contribution in [0.25, 0.3) is 11.4 Å². The van der Waals surface area contributed by atoms with Gasteiger partial charge in [-0.1, -0.05) is 19.0 Å². The van der Waals surface area contributed by atoms with Crippen molar-refractivity contribution in [3.8, 4) is 11.4 Å². The molecule has 0 fully saturated rings. The molecule has 19 heavy (non-hydrogen) atoms. The van der Waals surface area contributed by atoms with Crippen LogP contribution in [-0.2, 0) is 6.42 Å². The predicted octanol–water partition coefficient (Wildman–Crippen LogP) is 3.18. The minimum absolute atomic E-state index is 0.305. The highest BCUT2D eigenvalue weighted by molar-refractivity contribution is 9.10. The predicted molar refractivity (Wildman–Crippen MR) is 74.2 cm³/mol. The normalized spacial score (nSPS) is 11.2. The largest absolute Gasteiger partial charge is 0.339 e. The highest BCUT2D eigenvalue weighted by atomic mass is 79.9. The second-order valence-electron chi connectivity index (χ2n) is 4.49. The zero-order valence-electron chi connectivity index (χ0n) is 10.8. The first-order valence-electron chi connectivity index (χ1n) is 6.07. The molecule has 1 N–H and O–H groups in total. The van der Waals surface area contributed by atoms with Crippen LogP contribution in [0.1, 0.15) is 19.7 Å². The fraction of sp³-hybridized carbons (Fsp3) is 0.385. The number of rotatable bonds is 5. The lowest BCUT2D eigenvalue weighted by molar-refractivity contribution is 0.374. The van der Waals surface area contributed by atoms with Gasteiger partial charge in [0.25, 0.3) is 0 Å². The molecule has 1 aromatic heterocycles. The van der Waals surface area contributed by atoms with Crippen molar-refractivity contribution < 1.29 is 8.91 Å². The van der Waals surface area contributed by atoms with E-state index in [2.05, 4.69) is 45.2 Å². The van der Waals surface area contributed by atoms with Crippen LogP contribution in [0.4, 0.5) is 4.39 Å². The van der Waals surface area contributed by atoms with E-state index in [4.69, 9.17) is 4.52 Å². The molecule has 0 saturated heterocycles. The van der Waals surface area contributed by atoms with Crippen molar-refractivity contribution in [2.45, 2.75) is 26.3 Å². The Morgan fingerprint density at radius 3 is 2.89 bits per heavy atom. The van der Waals surface area contributed by atoms with Crippen LogP contribution in [0.3, 0.4) is 0 Å². The summed E-state index contributed by atoms with van der Waals surface area (Å²) in [6.45, 7) is 4.94. The summed E-state index contributed by atoms with van der Waals surface area (Å²) in [5.41, 5.74) is 0.716. The minimum atomic E-state index is -0.305. The molecule has 0 radical (unpaired) electrons. The third kappa shape index (κ3) is 3.84. The molecule has 2 rings (SSSR count). The van der Waals surface area contributed by atoms with Gasteiger partial charge in [0.15, 0.2) is 0 Å². The standard InChI is InChI=1S/C13H15BrFN3O/c1-8(2)16-6-5-12-17-13(18-19-12)10-4-3-9(15)7-11(10)14/h3-4,7-8,16H,5-6H2,1-2H3. The van der Waals surface area contributed by atoms with E-state index in [0.29, 0.717) is 34.2 Å². The first kappa shape index (κ1) is 14.1. The Balaban J connectivity index is 2.08. The fourth-order valence-corrected chi connectivity index (χ4v) is 2.13. The third-order valence-corrected chi connectivity index (χ3v) is 3.19. The molecule has 1 aromatic carbocycles. The molecule has 0 spiro atoms. The van der Waals surface area contributed by atoms with E-state index in [9.17, 15) is 4.39 Å². The highest BCUT2D eigenvalue weighted by Crippen LogP contribution is 2.26. The monoisotopic (exact) mass is 327 g/mol. The summed E-state index contributed by atoms with van der Waals surface area (Å²) in [7, 11) is 0. The third-order valence-electron chi connectivity index (χ3n) is 2.53. The highest BCUT2D eigenvalue weighted by Gasteiger charge is 2.12. The zero-order chi connectivity index (χ0) is 13.8. The van der Waals surface area contributed by atoms with Gasteiger partial charge >= 0.3 is 0 Å². The molecule has 4 nitrogen and oxygen atoms in total. The lowest BCUT2D eigenvalue weighted by atomic mass is 10.2. The Morgan fingerprint density at radius 2 is 2.21 bits per heavy atom. The van der Waals surface area contributed by atoms with Crippen LogP contribution < -0.4 is 5.32 Å². The molecule has 1 heterocycles. The van der Waals surface area contributed by atoms with Gasteiger partial charge < -0.3 is 9.84 Å². The number of benzene rings is 1. The molecule has 0 unspecified atom stereocenters. The summed E-state index contributed by atoms with van der Waals surface area (Å²) < 4.78 is 18.8. The van der Waals surface area contributed by atoms with E-state index in [-0.39, 0.29) is 5.82 Å². The summed E-state index contributed by atoms with van der Waals surface area (Å²) in [6.07, 6.45) is 0.671. The summed E-state index contributed by atoms with van der Waals surface area (Å²) in [4.78, 5) is 4.30. The Labute approximate surface area is 119 Å². The van der Waals surface area contributed by atoms with Crippen LogP contribution in [0.15, 0.2) is 27.2 Å².